The summed E-state index contributed by atoms with van der Waals surface area (Å²) < 4.78 is 0. The zero-order valence-corrected chi connectivity index (χ0v) is 11.5. The van der Waals surface area contributed by atoms with Gasteiger partial charge < -0.3 is 10.0 Å². The fraction of sp³-hybridized carbons (Fsp3) is 0.188. The molecule has 0 aliphatic carbocycles. The molecule has 3 rings (SSSR count). The number of nitrogens with zero attached hydrogens (tertiary/aromatic N) is 2. The molecule has 1 aliphatic heterocycles. The van der Waals surface area contributed by atoms with E-state index in [9.17, 15) is 14.7 Å². The van der Waals surface area contributed by atoms with E-state index in [-0.39, 0.29) is 12.5 Å². The lowest BCUT2D eigenvalue weighted by molar-refractivity contribution is -0.138. The molecule has 0 fully saturated rings. The smallest absolute Gasteiger partial charge is 0.312 e. The predicted molar refractivity (Wildman–Crippen MR) is 77.5 cm³/mol. The highest BCUT2D eigenvalue weighted by atomic mass is 16.4. The van der Waals surface area contributed by atoms with Crippen molar-refractivity contribution in [1.82, 2.24) is 4.98 Å². The van der Waals surface area contributed by atoms with E-state index in [1.807, 2.05) is 6.92 Å². The summed E-state index contributed by atoms with van der Waals surface area (Å²) in [4.78, 5) is 29.5. The van der Waals surface area contributed by atoms with E-state index in [2.05, 4.69) is 4.98 Å². The van der Waals surface area contributed by atoms with Crippen molar-refractivity contribution in [2.45, 2.75) is 12.8 Å². The molecule has 1 N–H and O–H groups in total. The maximum atomic E-state index is 12.6. The molecule has 5 nitrogen and oxygen atoms in total. The van der Waals surface area contributed by atoms with Gasteiger partial charge in [-0.05, 0) is 30.2 Å². The summed E-state index contributed by atoms with van der Waals surface area (Å²) in [5.74, 6) is -1.81. The first-order valence-corrected chi connectivity index (χ1v) is 6.63. The van der Waals surface area contributed by atoms with Gasteiger partial charge >= 0.3 is 5.97 Å². The molecule has 1 atom stereocenters. The quantitative estimate of drug-likeness (QED) is 0.916. The van der Waals surface area contributed by atoms with Crippen LogP contribution in [0.3, 0.4) is 0 Å². The van der Waals surface area contributed by atoms with Gasteiger partial charge in [-0.15, -0.1) is 0 Å². The number of fused-ring (bicyclic) bond motifs is 1. The number of hydrogen-bond donors (Lipinski definition) is 1. The Morgan fingerprint density at radius 2 is 2.05 bits per heavy atom. The van der Waals surface area contributed by atoms with Crippen LogP contribution in [-0.2, 0) is 4.79 Å². The molecule has 106 valence electrons. The van der Waals surface area contributed by atoms with Crippen molar-refractivity contribution in [3.63, 3.8) is 0 Å². The Morgan fingerprint density at radius 1 is 1.29 bits per heavy atom. The zero-order valence-electron chi connectivity index (χ0n) is 11.5. The molecular formula is C16H14N2O3. The Hall–Kier alpha value is -2.69. The highest BCUT2D eigenvalue weighted by molar-refractivity contribution is 6.08. The number of rotatable bonds is 2. The minimum absolute atomic E-state index is 0.154. The van der Waals surface area contributed by atoms with Gasteiger partial charge in [0.05, 0.1) is 5.56 Å². The zero-order chi connectivity index (χ0) is 15.0. The molecule has 1 aromatic carbocycles. The summed E-state index contributed by atoms with van der Waals surface area (Å²) in [5, 5.41) is 9.32. The van der Waals surface area contributed by atoms with Crippen LogP contribution in [0.25, 0.3) is 0 Å². The number of aryl methyl sites for hydroxylation is 1. The molecule has 2 heterocycles. The van der Waals surface area contributed by atoms with Crippen molar-refractivity contribution in [3.05, 3.63) is 59.4 Å². The normalized spacial score (nSPS) is 16.6. The Balaban J connectivity index is 2.01. The van der Waals surface area contributed by atoms with Crippen LogP contribution in [0, 0.1) is 6.92 Å². The average molecular weight is 282 g/mol. The number of carbonyl (C=O) groups is 2. The molecule has 1 aromatic heterocycles. The third kappa shape index (κ3) is 2.27. The maximum absolute atomic E-state index is 12.6. The molecule has 0 saturated heterocycles. The van der Waals surface area contributed by atoms with Gasteiger partial charge in [-0.1, -0.05) is 18.2 Å². The number of aromatic nitrogens is 1. The van der Waals surface area contributed by atoms with E-state index in [1.54, 1.807) is 36.5 Å². The molecule has 0 radical (unpaired) electrons. The van der Waals surface area contributed by atoms with Crippen LogP contribution in [0.2, 0.25) is 0 Å². The van der Waals surface area contributed by atoms with Gasteiger partial charge in [-0.3, -0.25) is 14.6 Å². The second-order valence-electron chi connectivity index (χ2n) is 5.12. The van der Waals surface area contributed by atoms with Crippen LogP contribution < -0.4 is 4.90 Å². The molecule has 2 aromatic rings. The number of aliphatic carboxylic acids is 1. The van der Waals surface area contributed by atoms with E-state index in [0.717, 1.165) is 5.56 Å². The van der Waals surface area contributed by atoms with Crippen molar-refractivity contribution in [1.29, 1.82) is 0 Å². The number of carboxylic acids is 1. The van der Waals surface area contributed by atoms with Crippen LogP contribution >= 0.6 is 0 Å². The van der Waals surface area contributed by atoms with Crippen LogP contribution in [0.1, 0.15) is 27.4 Å². The summed E-state index contributed by atoms with van der Waals surface area (Å²) in [6.07, 6.45) is 3.18. The number of carboxylic acid groups (broad SMARTS) is 1. The van der Waals surface area contributed by atoms with Crippen molar-refractivity contribution in [2.75, 3.05) is 11.4 Å². The van der Waals surface area contributed by atoms with Gasteiger partial charge in [0.1, 0.15) is 5.92 Å². The number of pyridine rings is 1. The predicted octanol–water partition coefficient (Wildman–Crippen LogP) is 2.22. The monoisotopic (exact) mass is 282 g/mol. The first-order chi connectivity index (χ1) is 10.1. The fourth-order valence-electron chi connectivity index (χ4n) is 2.64. The van der Waals surface area contributed by atoms with E-state index >= 15 is 0 Å². The second-order valence-corrected chi connectivity index (χ2v) is 5.12. The number of carbonyl (C=O) groups excluding carboxylic acids is 1. The van der Waals surface area contributed by atoms with Crippen molar-refractivity contribution in [3.8, 4) is 0 Å². The van der Waals surface area contributed by atoms with Crippen molar-refractivity contribution in [2.24, 2.45) is 0 Å². The summed E-state index contributed by atoms with van der Waals surface area (Å²) in [7, 11) is 0. The van der Waals surface area contributed by atoms with E-state index in [1.165, 1.54) is 11.1 Å². The summed E-state index contributed by atoms with van der Waals surface area (Å²) in [6, 6.07) is 8.89. The van der Waals surface area contributed by atoms with Gasteiger partial charge in [-0.25, -0.2) is 0 Å². The average Bonchev–Trinajstić information content (AvgIpc) is 2.86. The number of para-hydroxylation sites is 1. The molecule has 0 saturated carbocycles. The molecule has 1 unspecified atom stereocenters. The Morgan fingerprint density at radius 3 is 2.76 bits per heavy atom. The standard InChI is InChI=1S/C16H14N2O3/c1-10-6-11(8-17-7-10)15(19)18-9-13(16(20)21)12-4-2-3-5-14(12)18/h2-8,13H,9H2,1H3,(H,20,21). The topological polar surface area (TPSA) is 70.5 Å². The third-order valence-corrected chi connectivity index (χ3v) is 3.63. The van der Waals surface area contributed by atoms with Crippen LogP contribution in [-0.4, -0.2) is 28.5 Å². The van der Waals surface area contributed by atoms with Gasteiger partial charge in [0, 0.05) is 24.6 Å². The fourth-order valence-corrected chi connectivity index (χ4v) is 2.64. The molecule has 1 aliphatic rings. The van der Waals surface area contributed by atoms with E-state index < -0.39 is 11.9 Å². The molecule has 5 heteroatoms. The summed E-state index contributed by atoms with van der Waals surface area (Å²) in [6.45, 7) is 2.02. The van der Waals surface area contributed by atoms with Crippen molar-refractivity contribution >= 4 is 17.6 Å². The van der Waals surface area contributed by atoms with E-state index in [4.69, 9.17) is 0 Å². The number of amides is 1. The third-order valence-electron chi connectivity index (χ3n) is 3.63. The number of anilines is 1. The molecule has 21 heavy (non-hydrogen) atoms. The lowest BCUT2D eigenvalue weighted by atomic mass is 10.0. The van der Waals surface area contributed by atoms with Gasteiger partial charge in [0.2, 0.25) is 0 Å². The lowest BCUT2D eigenvalue weighted by Crippen LogP contribution is -2.31. The van der Waals surface area contributed by atoms with E-state index in [0.29, 0.717) is 16.8 Å². The Kier molecular flexibility index (Phi) is 3.17. The number of benzene rings is 1. The molecule has 0 spiro atoms. The summed E-state index contributed by atoms with van der Waals surface area (Å²) in [5.41, 5.74) is 2.70. The highest BCUT2D eigenvalue weighted by Gasteiger charge is 2.36. The minimum Gasteiger partial charge on any atom is -0.481 e. The largest absolute Gasteiger partial charge is 0.481 e. The Labute approximate surface area is 121 Å². The van der Waals surface area contributed by atoms with Gasteiger partial charge in [-0.2, -0.15) is 0 Å². The molecule has 1 amide bonds. The van der Waals surface area contributed by atoms with Crippen LogP contribution in [0.15, 0.2) is 42.7 Å². The van der Waals surface area contributed by atoms with Crippen LogP contribution in [0.4, 0.5) is 5.69 Å². The lowest BCUT2D eigenvalue weighted by Gasteiger charge is -2.17. The van der Waals surface area contributed by atoms with Gasteiger partial charge in [0.15, 0.2) is 0 Å². The van der Waals surface area contributed by atoms with Gasteiger partial charge in [0.25, 0.3) is 5.91 Å². The first kappa shape index (κ1) is 13.3. The second kappa shape index (κ2) is 5.01. The van der Waals surface area contributed by atoms with Crippen LogP contribution in [0.5, 0.6) is 0 Å². The number of hydrogen-bond acceptors (Lipinski definition) is 3. The minimum atomic E-state index is -0.917. The molecule has 0 bridgehead atoms. The Bertz CT molecular complexity index is 727. The first-order valence-electron chi connectivity index (χ1n) is 6.63. The molecular weight excluding hydrogens is 268 g/mol. The highest BCUT2D eigenvalue weighted by Crippen LogP contribution is 2.37. The maximum Gasteiger partial charge on any atom is 0.312 e. The van der Waals surface area contributed by atoms with Crippen molar-refractivity contribution < 1.29 is 14.7 Å². The summed E-state index contributed by atoms with van der Waals surface area (Å²) >= 11 is 0. The SMILES string of the molecule is Cc1cncc(C(=O)N2CC(C(=O)O)c3ccccc32)c1.